The number of fused-ring (bicyclic) bond motifs is 3. The average Bonchev–Trinajstić information content (AvgIpc) is 3.11. The van der Waals surface area contributed by atoms with E-state index in [-0.39, 0.29) is 28.0 Å². The number of benzene rings is 2. The van der Waals surface area contributed by atoms with Crippen LogP contribution in [0.5, 0.6) is 0 Å². The zero-order valence-corrected chi connectivity index (χ0v) is 17.3. The van der Waals surface area contributed by atoms with E-state index in [0.29, 0.717) is 0 Å². The molecular formula is C23H26N2O2S. The molecule has 2 aromatic carbocycles. The third-order valence-electron chi connectivity index (χ3n) is 5.64. The highest BCUT2D eigenvalue weighted by molar-refractivity contribution is 8.01. The van der Waals surface area contributed by atoms with Crippen molar-refractivity contribution in [2.75, 3.05) is 0 Å². The second-order valence-electron chi connectivity index (χ2n) is 8.21. The van der Waals surface area contributed by atoms with E-state index in [0.717, 1.165) is 24.0 Å². The number of thioether (sulfide) groups is 1. The van der Waals surface area contributed by atoms with Crippen molar-refractivity contribution in [1.29, 1.82) is 0 Å². The molecule has 1 saturated heterocycles. The Balaban J connectivity index is 1.47. The summed E-state index contributed by atoms with van der Waals surface area (Å²) in [4.78, 5) is 28.0. The summed E-state index contributed by atoms with van der Waals surface area (Å²) < 4.78 is -0.336. The van der Waals surface area contributed by atoms with Gasteiger partial charge in [0.25, 0.3) is 5.91 Å². The predicted molar refractivity (Wildman–Crippen MR) is 113 cm³/mol. The lowest BCUT2D eigenvalue weighted by atomic mass is 9.99. The maximum Gasteiger partial charge on any atom is 0.256 e. The van der Waals surface area contributed by atoms with Gasteiger partial charge in [-0.15, -0.1) is 11.8 Å². The van der Waals surface area contributed by atoms with Gasteiger partial charge in [-0.2, -0.15) is 0 Å². The lowest BCUT2D eigenvalue weighted by molar-refractivity contribution is -0.126. The molecule has 4 rings (SSSR count). The van der Waals surface area contributed by atoms with Crippen LogP contribution in [0, 0.1) is 0 Å². The maximum atomic E-state index is 13.2. The number of carbonyl (C=O) groups excluding carboxylic acids is 2. The predicted octanol–water partition coefficient (Wildman–Crippen LogP) is 4.17. The highest BCUT2D eigenvalue weighted by Gasteiger charge is 2.57. The molecule has 0 aliphatic carbocycles. The Morgan fingerprint density at radius 1 is 1.14 bits per heavy atom. The first-order valence-electron chi connectivity index (χ1n) is 9.82. The molecule has 146 valence electrons. The molecule has 0 aromatic heterocycles. The molecule has 3 atom stereocenters. The van der Waals surface area contributed by atoms with Gasteiger partial charge in [-0.05, 0) is 50.8 Å². The van der Waals surface area contributed by atoms with Gasteiger partial charge in [0.05, 0.1) is 0 Å². The van der Waals surface area contributed by atoms with Crippen molar-refractivity contribution < 1.29 is 9.59 Å². The summed E-state index contributed by atoms with van der Waals surface area (Å²) in [6.07, 6.45) is 1.79. The minimum Gasteiger partial charge on any atom is -0.352 e. The lowest BCUT2D eigenvalue weighted by Gasteiger charge is -2.30. The molecule has 0 saturated carbocycles. The van der Waals surface area contributed by atoms with Crippen molar-refractivity contribution >= 4 is 23.6 Å². The average molecular weight is 395 g/mol. The fourth-order valence-corrected chi connectivity index (χ4v) is 5.81. The molecule has 2 amide bonds. The van der Waals surface area contributed by atoms with Crippen LogP contribution in [0.1, 0.15) is 54.1 Å². The molecule has 2 aliphatic rings. The van der Waals surface area contributed by atoms with E-state index in [1.54, 1.807) is 16.7 Å². The minimum absolute atomic E-state index is 0.0317. The number of nitrogens with one attached hydrogen (secondary N) is 1. The van der Waals surface area contributed by atoms with Crippen LogP contribution in [-0.2, 0) is 11.2 Å². The Morgan fingerprint density at radius 2 is 1.82 bits per heavy atom. The molecule has 4 nitrogen and oxygen atoms in total. The summed E-state index contributed by atoms with van der Waals surface area (Å²) in [6, 6.07) is 17.6. The summed E-state index contributed by atoms with van der Waals surface area (Å²) in [5, 5.41) is 3.09. The van der Waals surface area contributed by atoms with Gasteiger partial charge in [-0.3, -0.25) is 9.59 Å². The second kappa shape index (κ2) is 7.28. The number of nitrogens with zero attached hydrogens (tertiary/aromatic N) is 1. The number of hydrogen-bond acceptors (Lipinski definition) is 3. The van der Waals surface area contributed by atoms with Gasteiger partial charge in [0.2, 0.25) is 5.91 Å². The topological polar surface area (TPSA) is 49.4 Å². The van der Waals surface area contributed by atoms with E-state index in [4.69, 9.17) is 0 Å². The van der Waals surface area contributed by atoms with Crippen LogP contribution in [0.15, 0.2) is 54.6 Å². The van der Waals surface area contributed by atoms with Gasteiger partial charge >= 0.3 is 0 Å². The third-order valence-corrected chi connectivity index (χ3v) is 7.18. The smallest absolute Gasteiger partial charge is 0.256 e. The normalized spacial score (nSPS) is 23.2. The fourth-order valence-electron chi connectivity index (χ4n) is 4.23. The summed E-state index contributed by atoms with van der Waals surface area (Å²) >= 11 is 1.70. The molecule has 0 bridgehead atoms. The van der Waals surface area contributed by atoms with Crippen LogP contribution in [0.3, 0.4) is 0 Å². The first-order chi connectivity index (χ1) is 13.4. The Hall–Kier alpha value is -2.27. The van der Waals surface area contributed by atoms with E-state index < -0.39 is 6.04 Å². The van der Waals surface area contributed by atoms with Crippen LogP contribution in [0.25, 0.3) is 0 Å². The SMILES string of the molecule is C[C@@H](CCc1ccccc1)NC(=O)[C@@H]1N2C(=O)c3ccccc3[C@@H]2SC1(C)C. The molecule has 0 spiro atoms. The van der Waals surface area contributed by atoms with Crippen LogP contribution in [-0.4, -0.2) is 33.5 Å². The van der Waals surface area contributed by atoms with E-state index >= 15 is 0 Å². The zero-order chi connectivity index (χ0) is 19.9. The summed E-state index contributed by atoms with van der Waals surface area (Å²) in [6.45, 7) is 6.16. The monoisotopic (exact) mass is 394 g/mol. The van der Waals surface area contributed by atoms with Gasteiger partial charge in [-0.25, -0.2) is 0 Å². The second-order valence-corrected chi connectivity index (χ2v) is 9.94. The van der Waals surface area contributed by atoms with Crippen molar-refractivity contribution in [3.8, 4) is 0 Å². The van der Waals surface area contributed by atoms with Crippen molar-refractivity contribution in [1.82, 2.24) is 10.2 Å². The van der Waals surface area contributed by atoms with Crippen LogP contribution in [0.4, 0.5) is 0 Å². The molecular weight excluding hydrogens is 368 g/mol. The molecule has 0 unspecified atom stereocenters. The molecule has 2 aromatic rings. The van der Waals surface area contributed by atoms with E-state index in [1.807, 2.05) is 49.4 Å². The Labute approximate surface area is 170 Å². The van der Waals surface area contributed by atoms with Crippen molar-refractivity contribution in [2.45, 2.75) is 55.8 Å². The number of carbonyl (C=O) groups is 2. The van der Waals surface area contributed by atoms with Gasteiger partial charge in [0.15, 0.2) is 0 Å². The van der Waals surface area contributed by atoms with E-state index in [1.165, 1.54) is 5.56 Å². The van der Waals surface area contributed by atoms with E-state index in [2.05, 4.69) is 31.3 Å². The van der Waals surface area contributed by atoms with Gasteiger partial charge in [-0.1, -0.05) is 48.5 Å². The quantitative estimate of drug-likeness (QED) is 0.828. The lowest BCUT2D eigenvalue weighted by Crippen LogP contribution is -2.54. The largest absolute Gasteiger partial charge is 0.352 e. The highest BCUT2D eigenvalue weighted by Crippen LogP contribution is 2.56. The Morgan fingerprint density at radius 3 is 2.57 bits per heavy atom. The maximum absolute atomic E-state index is 13.2. The molecule has 1 fully saturated rings. The van der Waals surface area contributed by atoms with Crippen molar-refractivity contribution in [3.63, 3.8) is 0 Å². The number of amides is 2. The first kappa shape index (κ1) is 19.1. The number of aryl methyl sites for hydroxylation is 1. The molecule has 0 radical (unpaired) electrons. The number of hydrogen-bond donors (Lipinski definition) is 1. The highest BCUT2D eigenvalue weighted by atomic mass is 32.2. The van der Waals surface area contributed by atoms with Crippen LogP contribution in [0.2, 0.25) is 0 Å². The van der Waals surface area contributed by atoms with Crippen LogP contribution < -0.4 is 5.32 Å². The van der Waals surface area contributed by atoms with E-state index in [9.17, 15) is 9.59 Å². The molecule has 2 aliphatic heterocycles. The van der Waals surface area contributed by atoms with Crippen molar-refractivity contribution in [3.05, 3.63) is 71.3 Å². The number of rotatable bonds is 5. The summed E-state index contributed by atoms with van der Waals surface area (Å²) in [5.41, 5.74) is 3.02. The van der Waals surface area contributed by atoms with Crippen LogP contribution >= 0.6 is 11.8 Å². The molecule has 5 heteroatoms. The Kier molecular flexibility index (Phi) is 4.96. The van der Waals surface area contributed by atoms with Gasteiger partial charge < -0.3 is 10.2 Å². The molecule has 2 heterocycles. The third kappa shape index (κ3) is 3.32. The van der Waals surface area contributed by atoms with Crippen molar-refractivity contribution in [2.24, 2.45) is 0 Å². The fraction of sp³-hybridized carbons (Fsp3) is 0.391. The summed E-state index contributed by atoms with van der Waals surface area (Å²) in [7, 11) is 0. The van der Waals surface area contributed by atoms with Gasteiger partial charge in [0, 0.05) is 16.4 Å². The first-order valence-corrected chi connectivity index (χ1v) is 10.7. The molecule has 1 N–H and O–H groups in total. The minimum atomic E-state index is -0.471. The standard InChI is InChI=1S/C23H26N2O2S/c1-15(13-14-16-9-5-4-6-10-16)24-20(26)19-23(2,3)28-22-18-12-8-7-11-17(18)21(27)25(19)22/h4-12,15,19,22H,13-14H2,1-3H3,(H,24,26)/t15-,19-,22-/m0/s1. The zero-order valence-electron chi connectivity index (χ0n) is 16.5. The Bertz CT molecular complexity index is 896. The van der Waals surface area contributed by atoms with Gasteiger partial charge in [0.1, 0.15) is 11.4 Å². The summed E-state index contributed by atoms with van der Waals surface area (Å²) in [5.74, 6) is -0.0857. The molecule has 28 heavy (non-hydrogen) atoms.